The average molecular weight is 272 g/mol. The maximum atomic E-state index is 6.01. The highest BCUT2D eigenvalue weighted by Crippen LogP contribution is 2.17. The molecule has 20 heavy (non-hydrogen) atoms. The van der Waals surface area contributed by atoms with Gasteiger partial charge in [-0.2, -0.15) is 0 Å². The van der Waals surface area contributed by atoms with E-state index in [1.165, 1.54) is 16.5 Å². The number of aromatic amines is 1. The normalized spacial score (nSPS) is 16.8. The van der Waals surface area contributed by atoms with Crippen LogP contribution in [0, 0.1) is 0 Å². The maximum Gasteiger partial charge on any atom is 0.191 e. The number of ether oxygens (including phenoxy) is 1. The number of morpholine rings is 1. The lowest BCUT2D eigenvalue weighted by atomic mass is 10.1. The molecule has 2 aromatic rings. The summed E-state index contributed by atoms with van der Waals surface area (Å²) in [6.07, 6.45) is 2.96. The maximum absolute atomic E-state index is 6.01. The lowest BCUT2D eigenvalue weighted by molar-refractivity contribution is 0.0674. The van der Waals surface area contributed by atoms with E-state index in [2.05, 4.69) is 39.3 Å². The van der Waals surface area contributed by atoms with Crippen LogP contribution in [0.1, 0.15) is 5.56 Å². The van der Waals surface area contributed by atoms with Crippen molar-refractivity contribution in [1.29, 1.82) is 0 Å². The molecule has 1 saturated heterocycles. The van der Waals surface area contributed by atoms with E-state index < -0.39 is 0 Å². The second-order valence-corrected chi connectivity index (χ2v) is 4.95. The van der Waals surface area contributed by atoms with E-state index >= 15 is 0 Å². The molecule has 3 rings (SSSR count). The Balaban J connectivity index is 1.61. The monoisotopic (exact) mass is 272 g/mol. The fourth-order valence-corrected chi connectivity index (χ4v) is 2.52. The Morgan fingerprint density at radius 2 is 2.10 bits per heavy atom. The molecule has 0 unspecified atom stereocenters. The molecule has 0 amide bonds. The third kappa shape index (κ3) is 2.77. The van der Waals surface area contributed by atoms with Crippen LogP contribution in [0.4, 0.5) is 0 Å². The number of H-pyrrole nitrogens is 1. The SMILES string of the molecule is NC(=NCCc1c[nH]c2ccccc12)N1CCOCC1. The molecule has 3 N–H and O–H groups in total. The molecule has 0 spiro atoms. The second kappa shape index (κ2) is 5.96. The van der Waals surface area contributed by atoms with E-state index in [4.69, 9.17) is 10.5 Å². The predicted molar refractivity (Wildman–Crippen MR) is 80.9 cm³/mol. The number of aromatic nitrogens is 1. The number of nitrogens with zero attached hydrogens (tertiary/aromatic N) is 2. The highest BCUT2D eigenvalue weighted by molar-refractivity contribution is 5.83. The van der Waals surface area contributed by atoms with Crippen LogP contribution >= 0.6 is 0 Å². The quantitative estimate of drug-likeness (QED) is 0.655. The second-order valence-electron chi connectivity index (χ2n) is 4.95. The van der Waals surface area contributed by atoms with Gasteiger partial charge in [-0.3, -0.25) is 4.99 Å². The number of para-hydroxylation sites is 1. The fraction of sp³-hybridized carbons (Fsp3) is 0.400. The zero-order valence-corrected chi connectivity index (χ0v) is 11.5. The summed E-state index contributed by atoms with van der Waals surface area (Å²) >= 11 is 0. The fourth-order valence-electron chi connectivity index (χ4n) is 2.52. The number of rotatable bonds is 3. The van der Waals surface area contributed by atoms with Crippen molar-refractivity contribution in [2.75, 3.05) is 32.8 Å². The van der Waals surface area contributed by atoms with Gasteiger partial charge in [0.1, 0.15) is 0 Å². The summed E-state index contributed by atoms with van der Waals surface area (Å²) in [5, 5.41) is 1.27. The summed E-state index contributed by atoms with van der Waals surface area (Å²) in [6.45, 7) is 3.85. The van der Waals surface area contributed by atoms with Crippen LogP contribution in [0.5, 0.6) is 0 Å². The molecule has 5 nitrogen and oxygen atoms in total. The Morgan fingerprint density at radius 3 is 2.95 bits per heavy atom. The standard InChI is InChI=1S/C15H20N4O/c16-15(19-7-9-20-10-8-19)17-6-5-12-11-18-14-4-2-1-3-13(12)14/h1-4,11,18H,5-10H2,(H2,16,17). The number of fused-ring (bicyclic) bond motifs is 1. The molecule has 0 saturated carbocycles. The molecule has 0 bridgehead atoms. The molecular formula is C15H20N4O. The number of nitrogens with one attached hydrogen (secondary N) is 1. The molecule has 1 aromatic heterocycles. The Morgan fingerprint density at radius 1 is 1.30 bits per heavy atom. The number of hydrogen-bond donors (Lipinski definition) is 2. The summed E-state index contributed by atoms with van der Waals surface area (Å²) in [5.41, 5.74) is 8.48. The highest BCUT2D eigenvalue weighted by Gasteiger charge is 2.11. The van der Waals surface area contributed by atoms with Crippen LogP contribution < -0.4 is 5.73 Å². The van der Waals surface area contributed by atoms with Crippen LogP contribution in [-0.4, -0.2) is 48.7 Å². The molecule has 1 aromatic carbocycles. The van der Waals surface area contributed by atoms with Crippen molar-refractivity contribution in [2.45, 2.75) is 6.42 Å². The summed E-state index contributed by atoms with van der Waals surface area (Å²) in [4.78, 5) is 9.85. The third-order valence-corrected chi connectivity index (χ3v) is 3.66. The number of hydrogen-bond acceptors (Lipinski definition) is 2. The van der Waals surface area contributed by atoms with Crippen molar-refractivity contribution in [3.8, 4) is 0 Å². The Bertz CT molecular complexity index is 599. The molecule has 1 fully saturated rings. The molecule has 0 atom stereocenters. The molecule has 2 heterocycles. The largest absolute Gasteiger partial charge is 0.378 e. The van der Waals surface area contributed by atoms with Crippen LogP contribution in [0.15, 0.2) is 35.5 Å². The highest BCUT2D eigenvalue weighted by atomic mass is 16.5. The topological polar surface area (TPSA) is 66.6 Å². The molecule has 0 radical (unpaired) electrons. The lowest BCUT2D eigenvalue weighted by Gasteiger charge is -2.27. The number of benzene rings is 1. The van der Waals surface area contributed by atoms with Gasteiger partial charge in [0.15, 0.2) is 5.96 Å². The van der Waals surface area contributed by atoms with Crippen molar-refractivity contribution in [2.24, 2.45) is 10.7 Å². The third-order valence-electron chi connectivity index (χ3n) is 3.66. The average Bonchev–Trinajstić information content (AvgIpc) is 2.92. The van der Waals surface area contributed by atoms with Gasteiger partial charge in [-0.1, -0.05) is 18.2 Å². The van der Waals surface area contributed by atoms with Crippen LogP contribution in [-0.2, 0) is 11.2 Å². The minimum atomic E-state index is 0.633. The van der Waals surface area contributed by atoms with Gasteiger partial charge in [0.05, 0.1) is 13.2 Å². The van der Waals surface area contributed by atoms with Crippen LogP contribution in [0.2, 0.25) is 0 Å². The van der Waals surface area contributed by atoms with Gasteiger partial charge in [0.25, 0.3) is 0 Å². The predicted octanol–water partition coefficient (Wildman–Crippen LogP) is 1.36. The number of nitrogens with two attached hydrogens (primary N) is 1. The molecule has 5 heteroatoms. The van der Waals surface area contributed by atoms with Gasteiger partial charge in [-0.25, -0.2) is 0 Å². The summed E-state index contributed by atoms with van der Waals surface area (Å²) in [5.74, 6) is 0.633. The van der Waals surface area contributed by atoms with E-state index in [1.54, 1.807) is 0 Å². The zero-order chi connectivity index (χ0) is 13.8. The van der Waals surface area contributed by atoms with Crippen molar-refractivity contribution in [3.05, 3.63) is 36.0 Å². The summed E-state index contributed by atoms with van der Waals surface area (Å²) in [6, 6.07) is 8.32. The van der Waals surface area contributed by atoms with E-state index in [9.17, 15) is 0 Å². The van der Waals surface area contributed by atoms with Gasteiger partial charge in [0.2, 0.25) is 0 Å². The number of guanidine groups is 1. The first-order valence-corrected chi connectivity index (χ1v) is 7.02. The Labute approximate surface area is 118 Å². The molecule has 1 aliphatic rings. The van der Waals surface area contributed by atoms with Gasteiger partial charge < -0.3 is 20.4 Å². The summed E-state index contributed by atoms with van der Waals surface area (Å²) < 4.78 is 5.31. The first-order valence-electron chi connectivity index (χ1n) is 7.02. The van der Waals surface area contributed by atoms with Crippen LogP contribution in [0.25, 0.3) is 10.9 Å². The Hall–Kier alpha value is -2.01. The van der Waals surface area contributed by atoms with E-state index in [-0.39, 0.29) is 0 Å². The van der Waals surface area contributed by atoms with Gasteiger partial charge in [-0.05, 0) is 18.1 Å². The van der Waals surface area contributed by atoms with Crippen molar-refractivity contribution >= 4 is 16.9 Å². The summed E-state index contributed by atoms with van der Waals surface area (Å²) in [7, 11) is 0. The van der Waals surface area contributed by atoms with Crippen LogP contribution in [0.3, 0.4) is 0 Å². The van der Waals surface area contributed by atoms with Crippen molar-refractivity contribution in [1.82, 2.24) is 9.88 Å². The zero-order valence-electron chi connectivity index (χ0n) is 11.5. The first kappa shape index (κ1) is 13.0. The smallest absolute Gasteiger partial charge is 0.191 e. The lowest BCUT2D eigenvalue weighted by Crippen LogP contribution is -2.44. The molecule has 0 aliphatic carbocycles. The van der Waals surface area contributed by atoms with E-state index in [1.807, 2.05) is 6.07 Å². The number of aliphatic imine (C=N–C) groups is 1. The first-order chi connectivity index (χ1) is 9.84. The van der Waals surface area contributed by atoms with Crippen molar-refractivity contribution < 1.29 is 4.74 Å². The van der Waals surface area contributed by atoms with E-state index in [0.717, 1.165) is 32.7 Å². The van der Waals surface area contributed by atoms with Gasteiger partial charge in [-0.15, -0.1) is 0 Å². The minimum Gasteiger partial charge on any atom is -0.378 e. The molecular weight excluding hydrogens is 252 g/mol. The van der Waals surface area contributed by atoms with Gasteiger partial charge >= 0.3 is 0 Å². The van der Waals surface area contributed by atoms with E-state index in [0.29, 0.717) is 12.5 Å². The van der Waals surface area contributed by atoms with Crippen molar-refractivity contribution in [3.63, 3.8) is 0 Å². The van der Waals surface area contributed by atoms with Gasteiger partial charge in [0, 0.05) is 36.7 Å². The minimum absolute atomic E-state index is 0.633. The Kier molecular flexibility index (Phi) is 3.87. The molecule has 1 aliphatic heterocycles. The molecule has 106 valence electrons.